The number of aromatic hydroxyl groups is 2. The molecule has 0 bridgehead atoms. The van der Waals surface area contributed by atoms with Crippen molar-refractivity contribution in [3.05, 3.63) is 46.6 Å². The fraction of sp³-hybridized carbons (Fsp3) is 0. The average molecular weight is 309 g/mol. The molecule has 92 valence electrons. The largest absolute Gasteiger partial charge is 0.507 e. The van der Waals surface area contributed by atoms with Gasteiger partial charge in [0.2, 0.25) is 0 Å². The van der Waals surface area contributed by atoms with Gasteiger partial charge in [-0.25, -0.2) is 4.98 Å². The van der Waals surface area contributed by atoms with Gasteiger partial charge in [0.25, 0.3) is 5.91 Å². The fourth-order valence-electron chi connectivity index (χ4n) is 1.41. The van der Waals surface area contributed by atoms with E-state index in [2.05, 4.69) is 26.2 Å². The minimum absolute atomic E-state index is 0.185. The molecule has 3 N–H and O–H groups in total. The molecule has 0 aliphatic rings. The number of hydrogen-bond acceptors (Lipinski definition) is 4. The number of amides is 1. The molecule has 0 fully saturated rings. The molecule has 1 heterocycles. The van der Waals surface area contributed by atoms with Gasteiger partial charge in [0.15, 0.2) is 0 Å². The number of carbonyl (C=O) groups excluding carboxylic acids is 1. The molecule has 0 aliphatic carbocycles. The van der Waals surface area contributed by atoms with E-state index in [1.165, 1.54) is 24.4 Å². The third-order valence-electron chi connectivity index (χ3n) is 2.24. The summed E-state index contributed by atoms with van der Waals surface area (Å²) in [5, 5.41) is 21.6. The van der Waals surface area contributed by atoms with Crippen LogP contribution in [0.3, 0.4) is 0 Å². The molecule has 18 heavy (non-hydrogen) atoms. The summed E-state index contributed by atoms with van der Waals surface area (Å²) < 4.78 is 0.605. The second kappa shape index (κ2) is 5.05. The molecule has 5 nitrogen and oxygen atoms in total. The zero-order valence-corrected chi connectivity index (χ0v) is 10.7. The molecule has 2 rings (SSSR count). The summed E-state index contributed by atoms with van der Waals surface area (Å²) >= 11 is 3.23. The summed E-state index contributed by atoms with van der Waals surface area (Å²) in [6, 6.07) is 7.51. The first-order chi connectivity index (χ1) is 8.59. The van der Waals surface area contributed by atoms with Crippen molar-refractivity contribution in [2.24, 2.45) is 0 Å². The summed E-state index contributed by atoms with van der Waals surface area (Å²) in [6.07, 6.45) is 1.52. The van der Waals surface area contributed by atoms with Crippen LogP contribution >= 0.6 is 15.9 Å². The summed E-state index contributed by atoms with van der Waals surface area (Å²) in [5.74, 6) is -0.908. The maximum absolute atomic E-state index is 11.9. The number of nitrogens with zero attached hydrogens (tertiary/aromatic N) is 1. The zero-order chi connectivity index (χ0) is 13.1. The highest BCUT2D eigenvalue weighted by molar-refractivity contribution is 9.10. The lowest BCUT2D eigenvalue weighted by Gasteiger charge is -2.08. The maximum atomic E-state index is 11.9. The fourth-order valence-corrected chi connectivity index (χ4v) is 1.76. The van der Waals surface area contributed by atoms with Gasteiger partial charge in [-0.3, -0.25) is 4.79 Å². The second-order valence-electron chi connectivity index (χ2n) is 3.46. The van der Waals surface area contributed by atoms with Crippen molar-refractivity contribution in [3.8, 4) is 11.5 Å². The van der Waals surface area contributed by atoms with Crippen LogP contribution in [0.1, 0.15) is 10.4 Å². The lowest BCUT2D eigenvalue weighted by molar-refractivity contribution is 0.102. The number of phenols is 2. The number of phenolic OH excluding ortho intramolecular Hbond substituents is 2. The minimum atomic E-state index is -0.634. The van der Waals surface area contributed by atoms with Crippen LogP contribution in [0.15, 0.2) is 41.0 Å². The van der Waals surface area contributed by atoms with Crippen molar-refractivity contribution in [2.45, 2.75) is 0 Å². The molecule has 6 heteroatoms. The van der Waals surface area contributed by atoms with Crippen LogP contribution in [0.2, 0.25) is 0 Å². The van der Waals surface area contributed by atoms with E-state index in [-0.39, 0.29) is 17.1 Å². The number of anilines is 1. The van der Waals surface area contributed by atoms with E-state index in [0.717, 1.165) is 0 Å². The highest BCUT2D eigenvalue weighted by Crippen LogP contribution is 2.28. The number of benzene rings is 1. The molecular formula is C12H9BrN2O3. The van der Waals surface area contributed by atoms with E-state index >= 15 is 0 Å². The van der Waals surface area contributed by atoms with Crippen LogP contribution in [0, 0.1) is 0 Å². The van der Waals surface area contributed by atoms with Crippen molar-refractivity contribution < 1.29 is 15.0 Å². The Morgan fingerprint density at radius 3 is 2.44 bits per heavy atom. The third-order valence-corrected chi connectivity index (χ3v) is 2.88. The Bertz CT molecular complexity index is 581. The van der Waals surface area contributed by atoms with Crippen molar-refractivity contribution in [3.63, 3.8) is 0 Å². The van der Waals surface area contributed by atoms with Crippen molar-refractivity contribution >= 4 is 27.7 Å². The van der Waals surface area contributed by atoms with Gasteiger partial charge in [-0.1, -0.05) is 6.07 Å². The van der Waals surface area contributed by atoms with Gasteiger partial charge in [-0.15, -0.1) is 0 Å². The molecule has 2 aromatic rings. The van der Waals surface area contributed by atoms with Gasteiger partial charge >= 0.3 is 0 Å². The van der Waals surface area contributed by atoms with E-state index in [1.54, 1.807) is 12.1 Å². The molecule has 0 spiro atoms. The van der Waals surface area contributed by atoms with Crippen LogP contribution in [0.5, 0.6) is 11.5 Å². The van der Waals surface area contributed by atoms with Crippen LogP contribution in [0.25, 0.3) is 0 Å². The monoisotopic (exact) mass is 308 g/mol. The van der Waals surface area contributed by atoms with E-state index < -0.39 is 5.91 Å². The summed E-state index contributed by atoms with van der Waals surface area (Å²) in [7, 11) is 0. The molecular weight excluding hydrogens is 300 g/mol. The number of hydrogen-bond donors (Lipinski definition) is 3. The van der Waals surface area contributed by atoms with Gasteiger partial charge in [0.05, 0.1) is 4.47 Å². The zero-order valence-electron chi connectivity index (χ0n) is 9.09. The lowest BCUT2D eigenvalue weighted by Crippen LogP contribution is -2.13. The van der Waals surface area contributed by atoms with Gasteiger partial charge in [0.1, 0.15) is 22.9 Å². The molecule has 0 radical (unpaired) electrons. The molecule has 0 aliphatic heterocycles. The number of carbonyl (C=O) groups is 1. The van der Waals surface area contributed by atoms with Crippen molar-refractivity contribution in [1.82, 2.24) is 4.98 Å². The van der Waals surface area contributed by atoms with Crippen LogP contribution in [-0.2, 0) is 0 Å². The molecule has 0 unspecified atom stereocenters. The molecule has 0 atom stereocenters. The standard InChI is InChI=1S/C12H9BrN2O3/c13-7-3-2-6-14-11(7)15-12(18)10-8(16)4-1-5-9(10)17/h1-6,16-17H,(H,14,15,18). The first kappa shape index (κ1) is 12.4. The third kappa shape index (κ3) is 2.43. The Hall–Kier alpha value is -2.08. The average Bonchev–Trinajstić information content (AvgIpc) is 2.32. The van der Waals surface area contributed by atoms with Crippen LogP contribution in [0.4, 0.5) is 5.82 Å². The normalized spacial score (nSPS) is 10.1. The smallest absolute Gasteiger partial charge is 0.264 e. The van der Waals surface area contributed by atoms with Crippen LogP contribution < -0.4 is 5.32 Å². The van der Waals surface area contributed by atoms with E-state index in [9.17, 15) is 15.0 Å². The second-order valence-corrected chi connectivity index (χ2v) is 4.31. The van der Waals surface area contributed by atoms with E-state index in [1.807, 2.05) is 0 Å². The maximum Gasteiger partial charge on any atom is 0.264 e. The Balaban J connectivity index is 2.31. The molecule has 0 saturated heterocycles. The topological polar surface area (TPSA) is 82.5 Å². The highest BCUT2D eigenvalue weighted by Gasteiger charge is 2.17. The van der Waals surface area contributed by atoms with Gasteiger partial charge in [-0.05, 0) is 40.2 Å². The summed E-state index contributed by atoms with van der Waals surface area (Å²) in [6.45, 7) is 0. The first-order valence-electron chi connectivity index (χ1n) is 5.02. The van der Waals surface area contributed by atoms with Crippen LogP contribution in [-0.4, -0.2) is 21.1 Å². The van der Waals surface area contributed by atoms with E-state index in [4.69, 9.17) is 0 Å². The molecule has 0 saturated carbocycles. The number of nitrogens with one attached hydrogen (secondary N) is 1. The van der Waals surface area contributed by atoms with E-state index in [0.29, 0.717) is 10.3 Å². The lowest BCUT2D eigenvalue weighted by atomic mass is 10.1. The Morgan fingerprint density at radius 1 is 1.17 bits per heavy atom. The van der Waals surface area contributed by atoms with Gasteiger partial charge in [0, 0.05) is 6.20 Å². The Morgan fingerprint density at radius 2 is 1.83 bits per heavy atom. The molecule has 1 amide bonds. The number of pyridine rings is 1. The quantitative estimate of drug-likeness (QED) is 0.796. The van der Waals surface area contributed by atoms with Crippen molar-refractivity contribution in [1.29, 1.82) is 0 Å². The number of halogens is 1. The SMILES string of the molecule is O=C(Nc1ncccc1Br)c1c(O)cccc1O. The number of rotatable bonds is 2. The predicted molar refractivity (Wildman–Crippen MR) is 69.7 cm³/mol. The highest BCUT2D eigenvalue weighted by atomic mass is 79.9. The Kier molecular flexibility index (Phi) is 3.47. The van der Waals surface area contributed by atoms with Gasteiger partial charge < -0.3 is 15.5 Å². The van der Waals surface area contributed by atoms with Crippen molar-refractivity contribution in [2.75, 3.05) is 5.32 Å². The summed E-state index contributed by atoms with van der Waals surface area (Å²) in [4.78, 5) is 15.9. The van der Waals surface area contributed by atoms with Gasteiger partial charge in [-0.2, -0.15) is 0 Å². The summed E-state index contributed by atoms with van der Waals surface area (Å²) in [5.41, 5.74) is -0.185. The number of aromatic nitrogens is 1. The molecule has 1 aromatic carbocycles. The predicted octanol–water partition coefficient (Wildman–Crippen LogP) is 2.51. The molecule has 1 aromatic heterocycles. The first-order valence-corrected chi connectivity index (χ1v) is 5.81. The minimum Gasteiger partial charge on any atom is -0.507 e. The Labute approximate surface area is 111 Å².